The van der Waals surface area contributed by atoms with E-state index < -0.39 is 0 Å². The molecule has 0 aliphatic carbocycles. The second kappa shape index (κ2) is 4.96. The number of hydrogen-bond donors (Lipinski definition) is 2. The zero-order chi connectivity index (χ0) is 9.90. The Morgan fingerprint density at radius 1 is 1.36 bits per heavy atom. The van der Waals surface area contributed by atoms with Gasteiger partial charge >= 0.3 is 0 Å². The van der Waals surface area contributed by atoms with Gasteiger partial charge in [-0.25, -0.2) is 4.98 Å². The Kier molecular flexibility index (Phi) is 4.57. The molecule has 0 saturated carbocycles. The van der Waals surface area contributed by atoms with Crippen molar-refractivity contribution in [3.8, 4) is 0 Å². The van der Waals surface area contributed by atoms with Gasteiger partial charge in [-0.05, 0) is 32.9 Å². The Balaban J connectivity index is 0.00000169. The quantitative estimate of drug-likeness (QED) is 0.379. The van der Waals surface area contributed by atoms with Gasteiger partial charge in [-0.15, -0.1) is 0 Å². The lowest BCUT2D eigenvalue weighted by Gasteiger charge is -2.09. The summed E-state index contributed by atoms with van der Waals surface area (Å²) < 4.78 is 0. The summed E-state index contributed by atoms with van der Waals surface area (Å²) in [5.74, 6) is 0.619. The molecule has 3 N–H and O–H groups in total. The van der Waals surface area contributed by atoms with Crippen LogP contribution < -0.4 is 23.1 Å². The second-order valence-electron chi connectivity index (χ2n) is 4.00. The molecule has 0 saturated heterocycles. The third-order valence-corrected chi connectivity index (χ3v) is 1.45. The molecule has 1 heterocycles. The number of rotatable bonds is 1. The van der Waals surface area contributed by atoms with E-state index in [9.17, 15) is 0 Å². The van der Waals surface area contributed by atoms with Gasteiger partial charge in [-0.1, -0.05) is 6.07 Å². The lowest BCUT2D eigenvalue weighted by atomic mass is 10.1. The van der Waals surface area contributed by atoms with Gasteiger partial charge in [0, 0.05) is 6.20 Å². The van der Waals surface area contributed by atoms with Gasteiger partial charge in [0.2, 0.25) is 0 Å². The highest BCUT2D eigenvalue weighted by atomic mass is 35.5. The number of nitrogen functional groups attached to an aromatic ring is 1. The van der Waals surface area contributed by atoms with Crippen molar-refractivity contribution in [1.29, 1.82) is 0 Å². The number of aromatic nitrogens is 1. The Morgan fingerprint density at radius 3 is 2.43 bits per heavy atom. The number of hydrogen-bond acceptors (Lipinski definition) is 1. The maximum absolute atomic E-state index is 5.82. The zero-order valence-corrected chi connectivity index (χ0v) is 9.47. The smallest absolute Gasteiger partial charge is 0.292 e. The number of amidine groups is 1. The van der Waals surface area contributed by atoms with Crippen LogP contribution in [0.3, 0.4) is 0 Å². The lowest BCUT2D eigenvalue weighted by molar-refractivity contribution is -0.539. The summed E-state index contributed by atoms with van der Waals surface area (Å²) in [6, 6.07) is 5.67. The van der Waals surface area contributed by atoms with Crippen LogP contribution in [-0.4, -0.2) is 16.4 Å². The molecule has 0 radical (unpaired) electrons. The first-order chi connectivity index (χ1) is 5.99. The molecule has 0 spiro atoms. The molecular weight excluding hydrogens is 198 g/mol. The first kappa shape index (κ1) is 12.9. The molecule has 0 unspecified atom stereocenters. The minimum absolute atomic E-state index is 0. The van der Waals surface area contributed by atoms with Crippen molar-refractivity contribution in [2.75, 3.05) is 0 Å². The summed E-state index contributed by atoms with van der Waals surface area (Å²) in [6.45, 7) is 6.18. The highest BCUT2D eigenvalue weighted by Crippen LogP contribution is 1.90. The molecule has 0 fully saturated rings. The molecule has 3 nitrogen and oxygen atoms in total. The van der Waals surface area contributed by atoms with Crippen LogP contribution >= 0.6 is 0 Å². The summed E-state index contributed by atoms with van der Waals surface area (Å²) in [5, 5.41) is 0. The summed E-state index contributed by atoms with van der Waals surface area (Å²) in [7, 11) is 0. The van der Waals surface area contributed by atoms with Crippen molar-refractivity contribution in [2.45, 2.75) is 26.3 Å². The number of nitrogens with one attached hydrogen (secondary N) is 1. The van der Waals surface area contributed by atoms with E-state index in [4.69, 9.17) is 5.73 Å². The van der Waals surface area contributed by atoms with Gasteiger partial charge in [0.1, 0.15) is 0 Å². The third-order valence-electron chi connectivity index (χ3n) is 1.45. The first-order valence-electron chi connectivity index (χ1n) is 4.31. The van der Waals surface area contributed by atoms with Gasteiger partial charge in [0.05, 0.1) is 5.54 Å². The van der Waals surface area contributed by atoms with Crippen LogP contribution in [0.4, 0.5) is 0 Å². The van der Waals surface area contributed by atoms with Gasteiger partial charge in [0.25, 0.3) is 5.84 Å². The molecule has 1 aromatic rings. The van der Waals surface area contributed by atoms with Crippen molar-refractivity contribution in [3.05, 3.63) is 30.1 Å². The van der Waals surface area contributed by atoms with E-state index in [2.05, 4.69) is 30.7 Å². The molecule has 0 atom stereocenters. The Hall–Kier alpha value is -1.09. The highest BCUT2D eigenvalue weighted by molar-refractivity contribution is 5.90. The summed E-state index contributed by atoms with van der Waals surface area (Å²) in [4.78, 5) is 7.31. The number of halogens is 1. The van der Waals surface area contributed by atoms with E-state index in [1.54, 1.807) is 6.20 Å². The van der Waals surface area contributed by atoms with Gasteiger partial charge < -0.3 is 12.4 Å². The van der Waals surface area contributed by atoms with Crippen LogP contribution in [0.2, 0.25) is 0 Å². The Labute approximate surface area is 90.9 Å². The normalized spacial score (nSPS) is 12.1. The average molecular weight is 214 g/mol. The second-order valence-corrected chi connectivity index (χ2v) is 4.00. The molecule has 4 heteroatoms. The number of nitrogens with zero attached hydrogens (tertiary/aromatic N) is 1. The van der Waals surface area contributed by atoms with Crippen LogP contribution in [0, 0.1) is 0 Å². The molecule has 0 amide bonds. The first-order valence-corrected chi connectivity index (χ1v) is 4.31. The monoisotopic (exact) mass is 213 g/mol. The molecule has 0 aliphatic heterocycles. The summed E-state index contributed by atoms with van der Waals surface area (Å²) in [6.07, 6.45) is 1.73. The van der Waals surface area contributed by atoms with Crippen LogP contribution in [0.25, 0.3) is 0 Å². The predicted octanol–water partition coefficient (Wildman–Crippen LogP) is -3.33. The van der Waals surface area contributed by atoms with Crippen molar-refractivity contribution in [1.82, 2.24) is 4.98 Å². The van der Waals surface area contributed by atoms with E-state index in [0.29, 0.717) is 5.84 Å². The van der Waals surface area contributed by atoms with E-state index >= 15 is 0 Å². The Morgan fingerprint density at radius 2 is 2.00 bits per heavy atom. The lowest BCUT2D eigenvalue weighted by Crippen LogP contribution is -3.00. The zero-order valence-electron chi connectivity index (χ0n) is 8.71. The molecule has 0 aromatic carbocycles. The fourth-order valence-corrected chi connectivity index (χ4v) is 0.990. The predicted molar refractivity (Wildman–Crippen MR) is 53.2 cm³/mol. The standard InChI is InChI=1S/C10H15N3.ClH/c1-10(2,3)13-9(11)8-6-4-5-7-12-8;/h4-7H,1-3H3,(H2,11,13);1H. The molecule has 1 rings (SSSR count). The highest BCUT2D eigenvalue weighted by Gasteiger charge is 2.13. The molecule has 14 heavy (non-hydrogen) atoms. The minimum Gasteiger partial charge on any atom is -1.00 e. The largest absolute Gasteiger partial charge is 1.00 e. The number of nitrogens with two attached hydrogens (primary N) is 1. The summed E-state index contributed by atoms with van der Waals surface area (Å²) >= 11 is 0. The Bertz CT molecular complexity index is 301. The average Bonchev–Trinajstić information content (AvgIpc) is 2.03. The van der Waals surface area contributed by atoms with Crippen LogP contribution in [0.1, 0.15) is 26.5 Å². The maximum Gasteiger partial charge on any atom is 0.292 e. The van der Waals surface area contributed by atoms with E-state index in [-0.39, 0.29) is 17.9 Å². The maximum atomic E-state index is 5.82. The van der Waals surface area contributed by atoms with Gasteiger partial charge in [-0.3, -0.25) is 10.7 Å². The van der Waals surface area contributed by atoms with Crippen molar-refractivity contribution in [2.24, 2.45) is 5.73 Å². The van der Waals surface area contributed by atoms with Crippen molar-refractivity contribution in [3.63, 3.8) is 0 Å². The molecule has 1 aromatic heterocycles. The van der Waals surface area contributed by atoms with Crippen LogP contribution in [0.5, 0.6) is 0 Å². The van der Waals surface area contributed by atoms with Gasteiger partial charge in [0.15, 0.2) is 5.69 Å². The van der Waals surface area contributed by atoms with E-state index in [0.717, 1.165) is 5.69 Å². The molecule has 0 bridgehead atoms. The van der Waals surface area contributed by atoms with E-state index in [1.807, 2.05) is 18.2 Å². The number of pyridine rings is 1. The van der Waals surface area contributed by atoms with Crippen molar-refractivity contribution < 1.29 is 17.4 Å². The molecule has 78 valence electrons. The van der Waals surface area contributed by atoms with Crippen molar-refractivity contribution >= 4 is 5.84 Å². The van der Waals surface area contributed by atoms with Crippen LogP contribution in [0.15, 0.2) is 24.4 Å². The van der Waals surface area contributed by atoms with E-state index in [1.165, 1.54) is 0 Å². The van der Waals surface area contributed by atoms with Crippen LogP contribution in [-0.2, 0) is 0 Å². The minimum atomic E-state index is -0.0262. The fourth-order valence-electron chi connectivity index (χ4n) is 0.990. The molecule has 0 aliphatic rings. The van der Waals surface area contributed by atoms with Gasteiger partial charge in [-0.2, -0.15) is 0 Å². The molecular formula is C10H16ClN3. The third kappa shape index (κ3) is 4.23. The SMILES string of the molecule is CC(C)(C)[NH+]=C(N)c1ccccn1.[Cl-]. The topological polar surface area (TPSA) is 52.9 Å². The fraction of sp³-hybridized carbons (Fsp3) is 0.400. The summed E-state index contributed by atoms with van der Waals surface area (Å²) in [5.41, 5.74) is 6.59.